The summed E-state index contributed by atoms with van der Waals surface area (Å²) < 4.78 is 19.2. The van der Waals surface area contributed by atoms with Crippen molar-refractivity contribution < 1.29 is 18.9 Å². The molecular weight excluding hydrogens is 413 g/mol. The topological polar surface area (TPSA) is 118 Å². The molecule has 29 heavy (non-hydrogen) atoms. The van der Waals surface area contributed by atoms with E-state index < -0.39 is 31.0 Å². The van der Waals surface area contributed by atoms with E-state index in [4.69, 9.17) is 31.3 Å². The Kier molecular flexibility index (Phi) is 5.46. The van der Waals surface area contributed by atoms with Crippen LogP contribution < -0.4 is 10.3 Å². The standard InChI is InChI=1S/C18H21N5O4PS/c1-18(2)14(24)12(8-25-28(29)27-11-6-4-3-5-7-11)26-17(18)23-10-22-13-15(19)20-9-21-16(13)23/h3-7,9-10,12,14,17,24H,8H2,1-2H3,(H2,19,20,21)/q+1. The lowest BCUT2D eigenvalue weighted by molar-refractivity contribution is -0.0442. The molecule has 1 aliphatic heterocycles. The van der Waals surface area contributed by atoms with Crippen molar-refractivity contribution in [3.63, 3.8) is 0 Å². The number of aromatic nitrogens is 4. The Bertz CT molecular complexity index is 1030. The van der Waals surface area contributed by atoms with Gasteiger partial charge in [0.2, 0.25) is 11.8 Å². The van der Waals surface area contributed by atoms with Crippen molar-refractivity contribution in [1.29, 1.82) is 0 Å². The van der Waals surface area contributed by atoms with Gasteiger partial charge in [0, 0.05) is 5.41 Å². The molecule has 4 atom stereocenters. The first kappa shape index (κ1) is 20.1. The molecule has 1 aromatic carbocycles. The first-order chi connectivity index (χ1) is 13.9. The summed E-state index contributed by atoms with van der Waals surface area (Å²) in [7, 11) is -1.58. The lowest BCUT2D eigenvalue weighted by Gasteiger charge is -2.28. The molecule has 1 saturated heterocycles. The van der Waals surface area contributed by atoms with Gasteiger partial charge in [0.25, 0.3) is 0 Å². The number of nitrogens with two attached hydrogens (primary N) is 1. The molecule has 3 aromatic rings. The van der Waals surface area contributed by atoms with E-state index in [-0.39, 0.29) is 6.61 Å². The van der Waals surface area contributed by atoms with Crippen LogP contribution in [-0.2, 0) is 21.1 Å². The molecule has 152 valence electrons. The largest absolute Gasteiger partial charge is 0.573 e. The second kappa shape index (κ2) is 7.89. The van der Waals surface area contributed by atoms with Gasteiger partial charge in [-0.1, -0.05) is 32.0 Å². The van der Waals surface area contributed by atoms with E-state index in [0.29, 0.717) is 22.7 Å². The molecule has 4 unspecified atom stereocenters. The van der Waals surface area contributed by atoms with Gasteiger partial charge >= 0.3 is 7.15 Å². The number of imidazole rings is 1. The molecule has 0 bridgehead atoms. The Morgan fingerprint density at radius 3 is 2.79 bits per heavy atom. The number of rotatable bonds is 6. The molecular formula is C18H21N5O4PS+. The zero-order valence-electron chi connectivity index (χ0n) is 15.9. The summed E-state index contributed by atoms with van der Waals surface area (Å²) in [5, 5.41) is 10.9. The van der Waals surface area contributed by atoms with Crippen LogP contribution in [0.4, 0.5) is 5.82 Å². The number of benzene rings is 1. The van der Waals surface area contributed by atoms with Crippen LogP contribution in [0, 0.1) is 5.41 Å². The van der Waals surface area contributed by atoms with Gasteiger partial charge in [0.15, 0.2) is 17.2 Å². The molecule has 3 N–H and O–H groups in total. The number of fused-ring (bicyclic) bond motifs is 1. The average Bonchev–Trinajstić information content (AvgIpc) is 3.22. The molecule has 0 radical (unpaired) electrons. The summed E-state index contributed by atoms with van der Waals surface area (Å²) in [4.78, 5) is 12.5. The molecule has 1 aliphatic rings. The maximum Gasteiger partial charge on any atom is 0.573 e. The zero-order chi connectivity index (χ0) is 20.6. The molecule has 2 aromatic heterocycles. The number of nitrogen functional groups attached to an aromatic ring is 1. The number of para-hydroxylation sites is 1. The number of ether oxygens (including phenoxy) is 1. The second-order valence-electron chi connectivity index (χ2n) is 7.30. The Morgan fingerprint density at radius 2 is 2.03 bits per heavy atom. The van der Waals surface area contributed by atoms with Crippen LogP contribution in [-0.4, -0.2) is 43.4 Å². The smallest absolute Gasteiger partial charge is 0.390 e. The van der Waals surface area contributed by atoms with Crippen molar-refractivity contribution >= 4 is 35.9 Å². The van der Waals surface area contributed by atoms with Gasteiger partial charge in [0.05, 0.1) is 12.4 Å². The van der Waals surface area contributed by atoms with E-state index in [1.165, 1.54) is 6.33 Å². The molecule has 0 amide bonds. The molecule has 0 spiro atoms. The second-order valence-corrected chi connectivity index (χ2v) is 9.08. The lowest BCUT2D eigenvalue weighted by atomic mass is 9.84. The highest BCUT2D eigenvalue weighted by molar-refractivity contribution is 8.00. The number of aliphatic hydroxyl groups excluding tert-OH is 1. The quantitative estimate of drug-likeness (QED) is 0.564. The van der Waals surface area contributed by atoms with E-state index in [1.54, 1.807) is 10.9 Å². The molecule has 11 heteroatoms. The Hall–Kier alpha value is -2.23. The molecule has 0 aliphatic carbocycles. The fraction of sp³-hybridized carbons (Fsp3) is 0.389. The molecule has 9 nitrogen and oxygen atoms in total. The fourth-order valence-corrected chi connectivity index (χ4v) is 4.42. The summed E-state index contributed by atoms with van der Waals surface area (Å²) in [6.07, 6.45) is 1.08. The van der Waals surface area contributed by atoms with Gasteiger partial charge < -0.3 is 15.6 Å². The highest BCUT2D eigenvalue weighted by Gasteiger charge is 2.52. The van der Waals surface area contributed by atoms with Gasteiger partial charge in [-0.2, -0.15) is 0 Å². The minimum Gasteiger partial charge on any atom is -0.390 e. The van der Waals surface area contributed by atoms with E-state index in [0.717, 1.165) is 0 Å². The van der Waals surface area contributed by atoms with Crippen LogP contribution in [0.2, 0.25) is 0 Å². The maximum absolute atomic E-state index is 10.9. The van der Waals surface area contributed by atoms with Gasteiger partial charge in [-0.05, 0) is 12.1 Å². The van der Waals surface area contributed by atoms with Crippen LogP contribution in [0.25, 0.3) is 11.2 Å². The normalized spacial score (nSPS) is 24.0. The van der Waals surface area contributed by atoms with E-state index in [2.05, 4.69) is 15.0 Å². The summed E-state index contributed by atoms with van der Waals surface area (Å²) in [6.45, 7) is 3.93. The van der Waals surface area contributed by atoms with Gasteiger partial charge in [-0.15, -0.1) is 4.52 Å². The predicted octanol–water partition coefficient (Wildman–Crippen LogP) is 2.56. The molecule has 4 rings (SSSR count). The van der Waals surface area contributed by atoms with Crippen molar-refractivity contribution in [2.45, 2.75) is 32.3 Å². The number of nitrogens with zero attached hydrogens (tertiary/aromatic N) is 4. The summed E-state index contributed by atoms with van der Waals surface area (Å²) in [5.74, 6) is 0.932. The zero-order valence-corrected chi connectivity index (χ0v) is 17.6. The first-order valence-corrected chi connectivity index (χ1v) is 11.2. The first-order valence-electron chi connectivity index (χ1n) is 8.97. The van der Waals surface area contributed by atoms with E-state index >= 15 is 0 Å². The predicted molar refractivity (Wildman–Crippen MR) is 111 cm³/mol. The van der Waals surface area contributed by atoms with Crippen molar-refractivity contribution in [2.24, 2.45) is 5.41 Å². The van der Waals surface area contributed by atoms with Crippen molar-refractivity contribution in [1.82, 2.24) is 19.5 Å². The highest BCUT2D eigenvalue weighted by atomic mass is 32.4. The Morgan fingerprint density at radius 1 is 1.28 bits per heavy atom. The summed E-state index contributed by atoms with van der Waals surface area (Å²) in [5.41, 5.74) is 6.28. The third-order valence-electron chi connectivity index (χ3n) is 4.96. The third-order valence-corrected chi connectivity index (χ3v) is 6.22. The SMILES string of the molecule is CC1(C)C(O)C(CO[P+](=S)Oc2ccccc2)OC1n1cnc2c(N)ncnc21. The average molecular weight is 434 g/mol. The van der Waals surface area contributed by atoms with Gasteiger partial charge in [0.1, 0.15) is 30.8 Å². The van der Waals surface area contributed by atoms with Crippen LogP contribution in [0.5, 0.6) is 5.75 Å². The highest BCUT2D eigenvalue weighted by Crippen LogP contribution is 2.46. The number of aliphatic hydroxyl groups is 1. The van der Waals surface area contributed by atoms with Crippen LogP contribution in [0.1, 0.15) is 20.1 Å². The van der Waals surface area contributed by atoms with Crippen LogP contribution in [0.15, 0.2) is 43.0 Å². The third kappa shape index (κ3) is 3.82. The summed E-state index contributed by atoms with van der Waals surface area (Å²) in [6, 6.07) is 9.22. The van der Waals surface area contributed by atoms with E-state index in [1.807, 2.05) is 44.2 Å². The molecule has 3 heterocycles. The maximum atomic E-state index is 10.9. The number of anilines is 1. The summed E-state index contributed by atoms with van der Waals surface area (Å²) >= 11 is 5.27. The minimum atomic E-state index is -1.58. The fourth-order valence-electron chi connectivity index (χ4n) is 3.36. The molecule has 1 fully saturated rings. The van der Waals surface area contributed by atoms with Gasteiger partial charge in [-0.25, -0.2) is 15.0 Å². The minimum absolute atomic E-state index is 0.104. The van der Waals surface area contributed by atoms with Crippen LogP contribution >= 0.6 is 7.15 Å². The Balaban J connectivity index is 1.48. The molecule has 0 saturated carbocycles. The Labute approximate surface area is 173 Å². The monoisotopic (exact) mass is 434 g/mol. The lowest BCUT2D eigenvalue weighted by Crippen LogP contribution is -2.36. The van der Waals surface area contributed by atoms with E-state index in [9.17, 15) is 5.11 Å². The van der Waals surface area contributed by atoms with Gasteiger partial charge in [-0.3, -0.25) is 9.09 Å². The van der Waals surface area contributed by atoms with Crippen LogP contribution in [0.3, 0.4) is 0 Å². The number of hydrogen-bond acceptors (Lipinski definition) is 9. The van der Waals surface area contributed by atoms with Crippen molar-refractivity contribution in [3.8, 4) is 5.75 Å². The van der Waals surface area contributed by atoms with Crippen molar-refractivity contribution in [3.05, 3.63) is 43.0 Å². The van der Waals surface area contributed by atoms with Crippen molar-refractivity contribution in [2.75, 3.05) is 12.3 Å². The number of hydrogen-bond donors (Lipinski definition) is 2.